The fourth-order valence-corrected chi connectivity index (χ4v) is 1.58. The molecule has 0 aromatic carbocycles. The quantitative estimate of drug-likeness (QED) is 0.632. The minimum Gasteiger partial charge on any atom is -0.385 e. The average Bonchev–Trinajstić information content (AvgIpc) is 2.47. The minimum atomic E-state index is -0.165. The highest BCUT2D eigenvalue weighted by atomic mass is 16.5. The third-order valence-corrected chi connectivity index (χ3v) is 2.56. The van der Waals surface area contributed by atoms with Gasteiger partial charge in [-0.05, 0) is 25.5 Å². The van der Waals surface area contributed by atoms with E-state index in [4.69, 9.17) is 9.47 Å². The van der Waals surface area contributed by atoms with Gasteiger partial charge in [0, 0.05) is 38.7 Å². The van der Waals surface area contributed by atoms with Gasteiger partial charge in [0.2, 0.25) is 0 Å². The molecule has 1 heterocycles. The molecule has 112 valence electrons. The molecule has 1 rings (SSSR count). The summed E-state index contributed by atoms with van der Waals surface area (Å²) in [5.74, 6) is -0.165. The van der Waals surface area contributed by atoms with E-state index < -0.39 is 0 Å². The van der Waals surface area contributed by atoms with Crippen LogP contribution in [0.3, 0.4) is 0 Å². The zero-order chi connectivity index (χ0) is 14.6. The van der Waals surface area contributed by atoms with Crippen LogP contribution in [-0.2, 0) is 9.47 Å². The number of rotatable bonds is 10. The molecule has 0 spiro atoms. The molecule has 20 heavy (non-hydrogen) atoms. The van der Waals surface area contributed by atoms with Gasteiger partial charge in [-0.1, -0.05) is 0 Å². The number of hydrogen-bond acceptors (Lipinski definition) is 5. The largest absolute Gasteiger partial charge is 0.385 e. The van der Waals surface area contributed by atoms with E-state index in [9.17, 15) is 4.79 Å². The minimum absolute atomic E-state index is 0.165. The lowest BCUT2D eigenvalue weighted by Crippen LogP contribution is -2.26. The first-order valence-corrected chi connectivity index (χ1v) is 6.82. The fraction of sp³-hybridized carbons (Fsp3) is 0.571. The molecule has 0 fully saturated rings. The summed E-state index contributed by atoms with van der Waals surface area (Å²) < 4.78 is 10.2. The number of carbonyl (C=O) groups excluding carboxylic acids is 1. The average molecular weight is 281 g/mol. The highest BCUT2D eigenvalue weighted by Gasteiger charge is 2.06. The van der Waals surface area contributed by atoms with E-state index in [0.717, 1.165) is 18.7 Å². The third-order valence-electron chi connectivity index (χ3n) is 2.56. The van der Waals surface area contributed by atoms with E-state index in [1.807, 2.05) is 13.0 Å². The zero-order valence-electron chi connectivity index (χ0n) is 12.1. The predicted octanol–water partition coefficient (Wildman–Crippen LogP) is 1.30. The van der Waals surface area contributed by atoms with Crippen LogP contribution in [0.25, 0.3) is 0 Å². The number of pyridine rings is 1. The molecule has 1 amide bonds. The number of hydrogen-bond donors (Lipinski definition) is 2. The number of carbonyl (C=O) groups is 1. The van der Waals surface area contributed by atoms with Crippen LogP contribution in [0.4, 0.5) is 5.69 Å². The highest BCUT2D eigenvalue weighted by molar-refractivity contribution is 5.93. The summed E-state index contributed by atoms with van der Waals surface area (Å²) in [5, 5.41) is 5.97. The SMILES string of the molecule is CCNc1ccnc(C(=O)NCCCOCCOC)c1. The number of amides is 1. The monoisotopic (exact) mass is 281 g/mol. The second-order valence-electron chi connectivity index (χ2n) is 4.17. The smallest absolute Gasteiger partial charge is 0.269 e. The second kappa shape index (κ2) is 10.2. The molecule has 1 aromatic heterocycles. The van der Waals surface area contributed by atoms with Gasteiger partial charge in [-0.2, -0.15) is 0 Å². The van der Waals surface area contributed by atoms with Crippen LogP contribution in [0.15, 0.2) is 18.3 Å². The molecule has 0 aliphatic heterocycles. The van der Waals surface area contributed by atoms with Crippen LogP contribution in [0.2, 0.25) is 0 Å². The number of ether oxygens (including phenoxy) is 2. The van der Waals surface area contributed by atoms with Crippen molar-refractivity contribution in [3.05, 3.63) is 24.0 Å². The molecular weight excluding hydrogens is 258 g/mol. The molecule has 6 heteroatoms. The lowest BCUT2D eigenvalue weighted by Gasteiger charge is -2.07. The number of methoxy groups -OCH3 is 1. The molecule has 0 aliphatic carbocycles. The van der Waals surface area contributed by atoms with Crippen molar-refractivity contribution in [2.75, 3.05) is 45.3 Å². The van der Waals surface area contributed by atoms with Crippen molar-refractivity contribution < 1.29 is 14.3 Å². The molecule has 0 saturated carbocycles. The molecule has 6 nitrogen and oxygen atoms in total. The Morgan fingerprint density at radius 3 is 2.95 bits per heavy atom. The predicted molar refractivity (Wildman–Crippen MR) is 78.0 cm³/mol. The molecule has 0 saturated heterocycles. The molecular formula is C14H23N3O3. The van der Waals surface area contributed by atoms with Gasteiger partial charge in [0.05, 0.1) is 13.2 Å². The van der Waals surface area contributed by atoms with Crippen LogP contribution in [0.1, 0.15) is 23.8 Å². The molecule has 0 bridgehead atoms. The van der Waals surface area contributed by atoms with Crippen LogP contribution in [-0.4, -0.2) is 50.9 Å². The summed E-state index contributed by atoms with van der Waals surface area (Å²) in [7, 11) is 1.64. The van der Waals surface area contributed by atoms with E-state index in [0.29, 0.717) is 32.1 Å². The van der Waals surface area contributed by atoms with Crippen molar-refractivity contribution in [3.8, 4) is 0 Å². The third kappa shape index (κ3) is 6.49. The molecule has 1 aromatic rings. The Kier molecular flexibility index (Phi) is 8.33. The number of nitrogens with one attached hydrogen (secondary N) is 2. The topological polar surface area (TPSA) is 72.5 Å². The van der Waals surface area contributed by atoms with Gasteiger partial charge in [-0.3, -0.25) is 9.78 Å². The van der Waals surface area contributed by atoms with E-state index >= 15 is 0 Å². The van der Waals surface area contributed by atoms with Crippen molar-refractivity contribution in [2.45, 2.75) is 13.3 Å². The van der Waals surface area contributed by atoms with Crippen molar-refractivity contribution in [1.82, 2.24) is 10.3 Å². The maximum atomic E-state index is 11.9. The van der Waals surface area contributed by atoms with Gasteiger partial charge in [0.15, 0.2) is 0 Å². The Balaban J connectivity index is 2.23. The van der Waals surface area contributed by atoms with Crippen LogP contribution < -0.4 is 10.6 Å². The van der Waals surface area contributed by atoms with Crippen molar-refractivity contribution in [3.63, 3.8) is 0 Å². The summed E-state index contributed by atoms with van der Waals surface area (Å²) in [4.78, 5) is 15.9. The number of anilines is 1. The molecule has 0 aliphatic rings. The van der Waals surface area contributed by atoms with Crippen molar-refractivity contribution >= 4 is 11.6 Å². The van der Waals surface area contributed by atoms with Gasteiger partial charge in [0.25, 0.3) is 5.91 Å². The Morgan fingerprint density at radius 2 is 2.20 bits per heavy atom. The Hall–Kier alpha value is -1.66. The standard InChI is InChI=1S/C14H23N3O3/c1-3-15-12-5-7-16-13(11-12)14(18)17-6-4-8-20-10-9-19-2/h5,7,11H,3-4,6,8-10H2,1-2H3,(H,15,16)(H,17,18). The second-order valence-corrected chi connectivity index (χ2v) is 4.17. The van der Waals surface area contributed by atoms with Gasteiger partial charge in [-0.15, -0.1) is 0 Å². The van der Waals surface area contributed by atoms with E-state index in [2.05, 4.69) is 15.6 Å². The molecule has 0 radical (unpaired) electrons. The van der Waals surface area contributed by atoms with E-state index in [1.54, 1.807) is 19.4 Å². The Bertz CT molecular complexity index is 399. The Morgan fingerprint density at radius 1 is 1.35 bits per heavy atom. The maximum Gasteiger partial charge on any atom is 0.269 e. The van der Waals surface area contributed by atoms with Gasteiger partial charge >= 0.3 is 0 Å². The summed E-state index contributed by atoms with van der Waals surface area (Å²) in [6.45, 7) is 5.16. The van der Waals surface area contributed by atoms with E-state index in [-0.39, 0.29) is 5.91 Å². The molecule has 0 atom stereocenters. The van der Waals surface area contributed by atoms with Crippen LogP contribution in [0.5, 0.6) is 0 Å². The highest BCUT2D eigenvalue weighted by Crippen LogP contribution is 2.07. The summed E-state index contributed by atoms with van der Waals surface area (Å²) >= 11 is 0. The first-order chi connectivity index (χ1) is 9.77. The maximum absolute atomic E-state index is 11.9. The van der Waals surface area contributed by atoms with Gasteiger partial charge in [0.1, 0.15) is 5.69 Å². The van der Waals surface area contributed by atoms with Crippen LogP contribution in [0, 0.1) is 0 Å². The summed E-state index contributed by atoms with van der Waals surface area (Å²) in [5.41, 5.74) is 1.32. The lowest BCUT2D eigenvalue weighted by atomic mass is 10.3. The molecule has 2 N–H and O–H groups in total. The number of nitrogens with zero attached hydrogens (tertiary/aromatic N) is 1. The summed E-state index contributed by atoms with van der Waals surface area (Å²) in [6, 6.07) is 3.58. The Labute approximate surface area is 119 Å². The van der Waals surface area contributed by atoms with Gasteiger partial charge < -0.3 is 20.1 Å². The van der Waals surface area contributed by atoms with Crippen molar-refractivity contribution in [1.29, 1.82) is 0 Å². The van der Waals surface area contributed by atoms with Crippen LogP contribution >= 0.6 is 0 Å². The number of aromatic nitrogens is 1. The normalized spacial score (nSPS) is 10.3. The fourth-order valence-electron chi connectivity index (χ4n) is 1.58. The first kappa shape index (κ1) is 16.4. The zero-order valence-corrected chi connectivity index (χ0v) is 12.1. The lowest BCUT2D eigenvalue weighted by molar-refractivity contribution is 0.0688. The molecule has 0 unspecified atom stereocenters. The van der Waals surface area contributed by atoms with E-state index in [1.165, 1.54) is 0 Å². The summed E-state index contributed by atoms with van der Waals surface area (Å²) in [6.07, 6.45) is 2.39. The van der Waals surface area contributed by atoms with Crippen molar-refractivity contribution in [2.24, 2.45) is 0 Å². The van der Waals surface area contributed by atoms with Gasteiger partial charge in [-0.25, -0.2) is 0 Å². The first-order valence-electron chi connectivity index (χ1n) is 6.82.